The molecule has 0 aliphatic carbocycles. The van der Waals surface area contributed by atoms with Gasteiger partial charge < -0.3 is 5.73 Å². The zero-order chi connectivity index (χ0) is 9.10. The minimum absolute atomic E-state index is 0.238. The quantitative estimate of drug-likeness (QED) is 0.562. The first-order chi connectivity index (χ1) is 6.40. The molecule has 1 aliphatic heterocycles. The normalized spacial score (nSPS) is 27.8. The molecule has 2 atom stereocenters. The van der Waals surface area contributed by atoms with Crippen molar-refractivity contribution in [1.29, 1.82) is 0 Å². The van der Waals surface area contributed by atoms with Crippen molar-refractivity contribution in [1.82, 2.24) is 20.8 Å². The highest BCUT2D eigenvalue weighted by molar-refractivity contribution is 5.05. The maximum atomic E-state index is 5.54. The molecular weight excluding hydrogens is 166 g/mol. The summed E-state index contributed by atoms with van der Waals surface area (Å²) in [6, 6.07) is 0.578. The van der Waals surface area contributed by atoms with Gasteiger partial charge in [-0.2, -0.15) is 0 Å². The smallest absolute Gasteiger partial charge is 0.0770 e. The molecule has 5 nitrogen and oxygen atoms in total. The van der Waals surface area contributed by atoms with Crippen LogP contribution in [0.1, 0.15) is 18.2 Å². The Labute approximate surface area is 76.7 Å². The lowest BCUT2D eigenvalue weighted by Crippen LogP contribution is -2.35. The van der Waals surface area contributed by atoms with Crippen LogP contribution in [0.2, 0.25) is 0 Å². The minimum atomic E-state index is 0.238. The van der Waals surface area contributed by atoms with Crippen LogP contribution in [0.4, 0.5) is 0 Å². The van der Waals surface area contributed by atoms with Gasteiger partial charge in [0.05, 0.1) is 17.9 Å². The van der Waals surface area contributed by atoms with E-state index >= 15 is 0 Å². The summed E-state index contributed by atoms with van der Waals surface area (Å²) in [6.45, 7) is 0.643. The van der Waals surface area contributed by atoms with Gasteiger partial charge in [0.15, 0.2) is 0 Å². The largest absolute Gasteiger partial charge is 0.329 e. The molecule has 1 fully saturated rings. The highest BCUT2D eigenvalue weighted by atomic mass is 15.4. The molecule has 0 spiro atoms. The number of nitrogens with two attached hydrogens (primary N) is 1. The van der Waals surface area contributed by atoms with Gasteiger partial charge in [0.25, 0.3) is 0 Å². The van der Waals surface area contributed by atoms with E-state index < -0.39 is 0 Å². The molecule has 2 unspecified atom stereocenters. The highest BCUT2D eigenvalue weighted by Crippen LogP contribution is 2.18. The van der Waals surface area contributed by atoms with Gasteiger partial charge in [0.2, 0.25) is 0 Å². The Morgan fingerprint density at radius 2 is 2.38 bits per heavy atom. The monoisotopic (exact) mass is 179 g/mol. The third kappa shape index (κ3) is 1.82. The van der Waals surface area contributed by atoms with E-state index in [9.17, 15) is 0 Å². The first-order valence-electron chi connectivity index (χ1n) is 4.37. The van der Waals surface area contributed by atoms with Crippen molar-refractivity contribution in [2.75, 3.05) is 6.54 Å². The molecule has 2 rings (SSSR count). The van der Waals surface area contributed by atoms with Crippen molar-refractivity contribution < 1.29 is 0 Å². The number of hydrogen-bond acceptors (Lipinski definition) is 5. The lowest BCUT2D eigenvalue weighted by atomic mass is 10.1. The summed E-state index contributed by atoms with van der Waals surface area (Å²) < 4.78 is 0. The Bertz CT molecular complexity index is 262. The maximum Gasteiger partial charge on any atom is 0.0770 e. The summed E-state index contributed by atoms with van der Waals surface area (Å²) in [7, 11) is 0. The Hall–Kier alpha value is -1.04. The Balaban J connectivity index is 2.04. The molecule has 1 aromatic heterocycles. The summed E-state index contributed by atoms with van der Waals surface area (Å²) in [5.74, 6) is 0. The molecule has 70 valence electrons. The van der Waals surface area contributed by atoms with Crippen molar-refractivity contribution >= 4 is 0 Å². The Morgan fingerprint density at radius 1 is 1.46 bits per heavy atom. The van der Waals surface area contributed by atoms with Gasteiger partial charge >= 0.3 is 0 Å². The molecule has 1 aromatic rings. The first-order valence-corrected chi connectivity index (χ1v) is 4.37. The molecule has 0 bridgehead atoms. The number of nitrogens with zero attached hydrogens (tertiary/aromatic N) is 2. The fourth-order valence-corrected chi connectivity index (χ4v) is 1.46. The summed E-state index contributed by atoms with van der Waals surface area (Å²) in [5, 5.41) is 0. The van der Waals surface area contributed by atoms with Crippen molar-refractivity contribution in [3.05, 3.63) is 24.3 Å². The van der Waals surface area contributed by atoms with E-state index in [4.69, 9.17) is 5.73 Å². The Kier molecular flexibility index (Phi) is 2.49. The van der Waals surface area contributed by atoms with E-state index in [1.54, 1.807) is 18.6 Å². The zero-order valence-corrected chi connectivity index (χ0v) is 7.27. The van der Waals surface area contributed by atoms with Crippen LogP contribution in [0.5, 0.6) is 0 Å². The molecule has 0 radical (unpaired) electrons. The van der Waals surface area contributed by atoms with Gasteiger partial charge in [-0.05, 0) is 6.42 Å². The highest BCUT2D eigenvalue weighted by Gasteiger charge is 2.24. The molecule has 2 heterocycles. The van der Waals surface area contributed by atoms with Crippen LogP contribution in [-0.2, 0) is 0 Å². The lowest BCUT2D eigenvalue weighted by molar-refractivity contribution is 0.541. The van der Waals surface area contributed by atoms with Crippen LogP contribution in [0, 0.1) is 0 Å². The third-order valence-corrected chi connectivity index (χ3v) is 2.21. The van der Waals surface area contributed by atoms with E-state index in [0.717, 1.165) is 12.1 Å². The van der Waals surface area contributed by atoms with E-state index in [-0.39, 0.29) is 6.04 Å². The van der Waals surface area contributed by atoms with Crippen LogP contribution < -0.4 is 16.6 Å². The first kappa shape index (κ1) is 8.55. The van der Waals surface area contributed by atoms with Crippen LogP contribution in [0.25, 0.3) is 0 Å². The second-order valence-electron chi connectivity index (χ2n) is 3.14. The van der Waals surface area contributed by atoms with Gasteiger partial charge in [-0.25, -0.2) is 5.43 Å². The molecular formula is C8H13N5. The van der Waals surface area contributed by atoms with E-state index in [1.165, 1.54) is 0 Å². The average Bonchev–Trinajstić information content (AvgIpc) is 2.67. The van der Waals surface area contributed by atoms with E-state index in [1.807, 2.05) is 0 Å². The molecule has 0 aromatic carbocycles. The number of hydrogen-bond donors (Lipinski definition) is 3. The van der Waals surface area contributed by atoms with Crippen molar-refractivity contribution in [3.63, 3.8) is 0 Å². The lowest BCUT2D eigenvalue weighted by Gasteiger charge is -2.06. The topological polar surface area (TPSA) is 75.9 Å². The van der Waals surface area contributed by atoms with Crippen LogP contribution >= 0.6 is 0 Å². The molecule has 13 heavy (non-hydrogen) atoms. The summed E-state index contributed by atoms with van der Waals surface area (Å²) in [5.41, 5.74) is 12.8. The fraction of sp³-hybridized carbons (Fsp3) is 0.500. The summed E-state index contributed by atoms with van der Waals surface area (Å²) in [6.07, 6.45) is 6.12. The second-order valence-corrected chi connectivity index (χ2v) is 3.14. The van der Waals surface area contributed by atoms with Gasteiger partial charge in [-0.1, -0.05) is 0 Å². The molecule has 0 saturated carbocycles. The van der Waals surface area contributed by atoms with Gasteiger partial charge in [-0.15, -0.1) is 0 Å². The van der Waals surface area contributed by atoms with E-state index in [0.29, 0.717) is 12.6 Å². The molecule has 1 aliphatic rings. The molecule has 5 heteroatoms. The maximum absolute atomic E-state index is 5.54. The second kappa shape index (κ2) is 3.78. The summed E-state index contributed by atoms with van der Waals surface area (Å²) in [4.78, 5) is 8.24. The number of hydrazine groups is 1. The van der Waals surface area contributed by atoms with Crippen LogP contribution in [0.3, 0.4) is 0 Å². The number of aromatic nitrogens is 2. The van der Waals surface area contributed by atoms with Gasteiger partial charge in [0.1, 0.15) is 0 Å². The predicted molar refractivity (Wildman–Crippen MR) is 48.5 cm³/mol. The number of nitrogens with one attached hydrogen (secondary N) is 2. The van der Waals surface area contributed by atoms with E-state index in [2.05, 4.69) is 20.8 Å². The van der Waals surface area contributed by atoms with Crippen molar-refractivity contribution in [2.45, 2.75) is 18.5 Å². The Morgan fingerprint density at radius 3 is 3.00 bits per heavy atom. The van der Waals surface area contributed by atoms with Gasteiger partial charge in [0, 0.05) is 25.0 Å². The molecule has 1 saturated heterocycles. The average molecular weight is 179 g/mol. The molecule has 4 N–H and O–H groups in total. The summed E-state index contributed by atoms with van der Waals surface area (Å²) >= 11 is 0. The van der Waals surface area contributed by atoms with Crippen LogP contribution in [0.15, 0.2) is 18.6 Å². The van der Waals surface area contributed by atoms with Crippen LogP contribution in [-0.4, -0.2) is 22.6 Å². The number of rotatable bonds is 2. The predicted octanol–water partition coefficient (Wildman–Crippen LogP) is -0.657. The molecule has 0 amide bonds. The third-order valence-electron chi connectivity index (χ3n) is 2.21. The standard InChI is InChI=1S/C8H13N5/c9-4-6-3-7(13-12-6)8-5-10-1-2-11-8/h1-2,5-7,12-13H,3-4,9H2. The fourth-order valence-electron chi connectivity index (χ4n) is 1.46. The van der Waals surface area contributed by atoms with Gasteiger partial charge in [-0.3, -0.25) is 15.4 Å². The van der Waals surface area contributed by atoms with Crippen molar-refractivity contribution in [3.8, 4) is 0 Å². The minimum Gasteiger partial charge on any atom is -0.329 e. The SMILES string of the molecule is NCC1CC(c2cnccn2)NN1. The van der Waals surface area contributed by atoms with Crippen molar-refractivity contribution in [2.24, 2.45) is 5.73 Å². The zero-order valence-electron chi connectivity index (χ0n) is 7.27.